The molecule has 2 rings (SSSR count). The average Bonchev–Trinajstić information content (AvgIpc) is 2.93. The van der Waals surface area contributed by atoms with Gasteiger partial charge in [-0.1, -0.05) is 0 Å². The summed E-state index contributed by atoms with van der Waals surface area (Å²) in [5, 5.41) is 3.57. The zero-order valence-corrected chi connectivity index (χ0v) is 11.7. The number of nitrogens with one attached hydrogen (secondary N) is 1. The molecule has 0 amide bonds. The van der Waals surface area contributed by atoms with E-state index in [1.807, 2.05) is 12.4 Å². The summed E-state index contributed by atoms with van der Waals surface area (Å²) in [5.74, 6) is 1.50. The van der Waals surface area contributed by atoms with E-state index in [0.717, 1.165) is 16.9 Å². The van der Waals surface area contributed by atoms with Gasteiger partial charge in [0, 0.05) is 22.4 Å². The van der Waals surface area contributed by atoms with Crippen LogP contribution >= 0.6 is 15.9 Å². The van der Waals surface area contributed by atoms with Crippen molar-refractivity contribution in [1.82, 2.24) is 10.3 Å². The quantitative estimate of drug-likeness (QED) is 0.920. The van der Waals surface area contributed by atoms with Gasteiger partial charge in [0.15, 0.2) is 0 Å². The molecule has 0 radical (unpaired) electrons. The Balaban J connectivity index is 1.87. The Morgan fingerprint density at radius 3 is 2.81 bits per heavy atom. The van der Waals surface area contributed by atoms with Crippen LogP contribution in [0.1, 0.15) is 38.7 Å². The topological polar surface area (TPSA) is 24.9 Å². The highest BCUT2D eigenvalue weighted by atomic mass is 79.9. The lowest BCUT2D eigenvalue weighted by atomic mass is 10.1. The molecule has 0 spiro atoms. The van der Waals surface area contributed by atoms with Crippen LogP contribution < -0.4 is 5.32 Å². The molecule has 1 aromatic rings. The molecule has 1 aliphatic carbocycles. The van der Waals surface area contributed by atoms with E-state index < -0.39 is 0 Å². The minimum absolute atomic E-state index is 0.225. The summed E-state index contributed by atoms with van der Waals surface area (Å²) in [7, 11) is 0. The maximum absolute atomic E-state index is 4.22. The van der Waals surface area contributed by atoms with Crippen LogP contribution in [0.2, 0.25) is 0 Å². The van der Waals surface area contributed by atoms with Crippen molar-refractivity contribution >= 4 is 15.9 Å². The van der Waals surface area contributed by atoms with Gasteiger partial charge >= 0.3 is 0 Å². The molecule has 1 heterocycles. The number of pyridine rings is 1. The van der Waals surface area contributed by atoms with E-state index in [1.54, 1.807) is 0 Å². The van der Waals surface area contributed by atoms with Crippen LogP contribution in [0.4, 0.5) is 0 Å². The number of rotatable bonds is 3. The fraction of sp³-hybridized carbons (Fsp3) is 0.615. The van der Waals surface area contributed by atoms with Crippen molar-refractivity contribution in [3.63, 3.8) is 0 Å². The molecule has 1 aliphatic rings. The third-order valence-corrected chi connectivity index (χ3v) is 3.41. The van der Waals surface area contributed by atoms with Gasteiger partial charge in [0.2, 0.25) is 0 Å². The van der Waals surface area contributed by atoms with E-state index in [2.05, 4.69) is 53.1 Å². The standard InChI is InChI=1S/C13H19BrN2/c1-13(2,3)16-7-10-5-12(10)9-4-11(14)8-15-6-9/h4,6,8,10,12,16H,5,7H2,1-3H3. The van der Waals surface area contributed by atoms with E-state index in [9.17, 15) is 0 Å². The molecule has 1 fully saturated rings. The van der Waals surface area contributed by atoms with Gasteiger partial charge in [-0.2, -0.15) is 0 Å². The lowest BCUT2D eigenvalue weighted by Crippen LogP contribution is -2.37. The summed E-state index contributed by atoms with van der Waals surface area (Å²) in [5.41, 5.74) is 1.60. The van der Waals surface area contributed by atoms with Crippen LogP contribution in [0.15, 0.2) is 22.9 Å². The van der Waals surface area contributed by atoms with Gasteiger partial charge in [0.25, 0.3) is 0 Å². The smallest absolute Gasteiger partial charge is 0.0410 e. The Hall–Kier alpha value is -0.410. The first-order chi connectivity index (χ1) is 7.46. The summed E-state index contributed by atoms with van der Waals surface area (Å²) in [6.07, 6.45) is 5.13. The first-order valence-electron chi connectivity index (χ1n) is 5.81. The van der Waals surface area contributed by atoms with E-state index in [0.29, 0.717) is 5.92 Å². The molecule has 0 bridgehead atoms. The molecule has 1 aromatic heterocycles. The van der Waals surface area contributed by atoms with Crippen LogP contribution in [0.5, 0.6) is 0 Å². The Morgan fingerprint density at radius 2 is 2.19 bits per heavy atom. The van der Waals surface area contributed by atoms with Gasteiger partial charge in [0.05, 0.1) is 0 Å². The zero-order valence-electron chi connectivity index (χ0n) is 10.1. The van der Waals surface area contributed by atoms with Gasteiger partial charge in [-0.25, -0.2) is 0 Å². The maximum Gasteiger partial charge on any atom is 0.0410 e. The van der Waals surface area contributed by atoms with Crippen molar-refractivity contribution in [3.8, 4) is 0 Å². The Morgan fingerprint density at radius 1 is 1.44 bits per heavy atom. The molecule has 2 atom stereocenters. The van der Waals surface area contributed by atoms with Gasteiger partial charge < -0.3 is 5.32 Å². The molecule has 1 saturated carbocycles. The number of aromatic nitrogens is 1. The SMILES string of the molecule is CC(C)(C)NCC1CC1c1cncc(Br)c1. The minimum Gasteiger partial charge on any atom is -0.312 e. The van der Waals surface area contributed by atoms with Crippen LogP contribution in [-0.4, -0.2) is 17.1 Å². The Labute approximate surface area is 106 Å². The highest BCUT2D eigenvalue weighted by Gasteiger charge is 2.38. The molecule has 0 aliphatic heterocycles. The molecule has 3 heteroatoms. The number of hydrogen-bond donors (Lipinski definition) is 1. The van der Waals surface area contributed by atoms with E-state index in [1.165, 1.54) is 12.0 Å². The van der Waals surface area contributed by atoms with Gasteiger partial charge in [-0.05, 0) is 73.1 Å². The molecular weight excluding hydrogens is 264 g/mol. The third-order valence-electron chi connectivity index (χ3n) is 2.97. The second kappa shape index (κ2) is 4.46. The lowest BCUT2D eigenvalue weighted by Gasteiger charge is -2.20. The summed E-state index contributed by atoms with van der Waals surface area (Å²) in [4.78, 5) is 4.22. The summed E-state index contributed by atoms with van der Waals surface area (Å²) < 4.78 is 1.08. The fourth-order valence-electron chi connectivity index (χ4n) is 1.95. The highest BCUT2D eigenvalue weighted by molar-refractivity contribution is 9.10. The first-order valence-corrected chi connectivity index (χ1v) is 6.60. The van der Waals surface area contributed by atoms with Crippen molar-refractivity contribution in [2.75, 3.05) is 6.54 Å². The van der Waals surface area contributed by atoms with Crippen LogP contribution in [-0.2, 0) is 0 Å². The van der Waals surface area contributed by atoms with Crippen molar-refractivity contribution in [2.45, 2.75) is 38.6 Å². The summed E-state index contributed by atoms with van der Waals surface area (Å²) in [6.45, 7) is 7.75. The number of nitrogens with zero attached hydrogens (tertiary/aromatic N) is 1. The van der Waals surface area contributed by atoms with Crippen molar-refractivity contribution in [2.24, 2.45) is 5.92 Å². The molecule has 0 saturated heterocycles. The molecular formula is C13H19BrN2. The largest absolute Gasteiger partial charge is 0.312 e. The van der Waals surface area contributed by atoms with Gasteiger partial charge in [-0.3, -0.25) is 4.98 Å². The van der Waals surface area contributed by atoms with Crippen molar-refractivity contribution in [3.05, 3.63) is 28.5 Å². The van der Waals surface area contributed by atoms with Crippen LogP contribution in [0.3, 0.4) is 0 Å². The van der Waals surface area contributed by atoms with E-state index in [-0.39, 0.29) is 5.54 Å². The highest BCUT2D eigenvalue weighted by Crippen LogP contribution is 2.47. The first kappa shape index (κ1) is 12.1. The fourth-order valence-corrected chi connectivity index (χ4v) is 2.33. The predicted molar refractivity (Wildman–Crippen MR) is 70.5 cm³/mol. The van der Waals surface area contributed by atoms with E-state index >= 15 is 0 Å². The molecule has 2 unspecified atom stereocenters. The Kier molecular flexibility index (Phi) is 3.36. The monoisotopic (exact) mass is 282 g/mol. The minimum atomic E-state index is 0.225. The van der Waals surface area contributed by atoms with Crippen molar-refractivity contribution < 1.29 is 0 Å². The molecule has 2 nitrogen and oxygen atoms in total. The average molecular weight is 283 g/mol. The van der Waals surface area contributed by atoms with Crippen LogP contribution in [0, 0.1) is 5.92 Å². The zero-order chi connectivity index (χ0) is 11.8. The van der Waals surface area contributed by atoms with Gasteiger partial charge in [0.1, 0.15) is 0 Å². The summed E-state index contributed by atoms with van der Waals surface area (Å²) >= 11 is 3.47. The molecule has 16 heavy (non-hydrogen) atoms. The van der Waals surface area contributed by atoms with Crippen molar-refractivity contribution in [1.29, 1.82) is 0 Å². The lowest BCUT2D eigenvalue weighted by molar-refractivity contribution is 0.414. The number of halogens is 1. The predicted octanol–water partition coefficient (Wildman–Crippen LogP) is 3.34. The molecule has 88 valence electrons. The normalized spacial score (nSPS) is 24.5. The molecule has 0 aromatic carbocycles. The van der Waals surface area contributed by atoms with E-state index in [4.69, 9.17) is 0 Å². The second-order valence-corrected chi connectivity index (χ2v) is 6.59. The third kappa shape index (κ3) is 3.29. The van der Waals surface area contributed by atoms with Gasteiger partial charge in [-0.15, -0.1) is 0 Å². The molecule has 1 N–H and O–H groups in total. The second-order valence-electron chi connectivity index (χ2n) is 5.67. The maximum atomic E-state index is 4.22. The Bertz CT molecular complexity index is 370. The number of hydrogen-bond acceptors (Lipinski definition) is 2. The van der Waals surface area contributed by atoms with Crippen LogP contribution in [0.25, 0.3) is 0 Å². The summed E-state index contributed by atoms with van der Waals surface area (Å²) in [6, 6.07) is 2.19.